The van der Waals surface area contributed by atoms with Gasteiger partial charge in [-0.25, -0.2) is 0 Å². The van der Waals surface area contributed by atoms with Crippen LogP contribution in [0.15, 0.2) is 0 Å². The third-order valence-electron chi connectivity index (χ3n) is 4.97. The number of aliphatic hydroxyl groups is 5. The van der Waals surface area contributed by atoms with Crippen molar-refractivity contribution in [1.29, 1.82) is 0 Å². The molecule has 0 saturated carbocycles. The number of alkyl halides is 5. The summed E-state index contributed by atoms with van der Waals surface area (Å²) in [5.41, 5.74) is 0. The summed E-state index contributed by atoms with van der Waals surface area (Å²) in [6.07, 6.45) is -3.54. The molecule has 0 aromatic heterocycles. The van der Waals surface area contributed by atoms with Crippen LogP contribution in [0.5, 0.6) is 0 Å². The minimum atomic E-state index is -5.55. The minimum absolute atomic E-state index is 0.428. The van der Waals surface area contributed by atoms with Gasteiger partial charge >= 0.3 is 12.1 Å². The molecule has 0 spiro atoms. The lowest BCUT2D eigenvalue weighted by Gasteiger charge is -2.39. The summed E-state index contributed by atoms with van der Waals surface area (Å²) in [6.45, 7) is 1.03. The van der Waals surface area contributed by atoms with Crippen LogP contribution in [-0.2, 0) is 9.47 Å². The van der Waals surface area contributed by atoms with E-state index in [1.54, 1.807) is 0 Å². The Kier molecular flexibility index (Phi) is 15.8. The molecule has 1 rings (SSSR count). The van der Waals surface area contributed by atoms with Gasteiger partial charge in [0.15, 0.2) is 6.29 Å². The Morgan fingerprint density at radius 2 is 1.31 bits per heavy atom. The second kappa shape index (κ2) is 16.1. The number of ether oxygens (including phenoxy) is 2. The van der Waals surface area contributed by atoms with Crippen molar-refractivity contribution in [2.45, 2.75) is 108 Å². The maximum Gasteiger partial charge on any atom is 0.453 e. The zero-order valence-electron chi connectivity index (χ0n) is 18.3. The molecular weight excluding hydrogens is 447 g/mol. The predicted octanol–water partition coefficient (Wildman–Crippen LogP) is 2.51. The molecule has 1 heterocycles. The lowest BCUT2D eigenvalue weighted by Crippen LogP contribution is -2.59. The average Bonchev–Trinajstić information content (AvgIpc) is 2.72. The smallest absolute Gasteiger partial charge is 0.396 e. The van der Waals surface area contributed by atoms with Gasteiger partial charge in [0.25, 0.3) is 0 Å². The molecule has 32 heavy (non-hydrogen) atoms. The highest BCUT2D eigenvalue weighted by Crippen LogP contribution is 2.37. The van der Waals surface area contributed by atoms with E-state index in [1.807, 2.05) is 0 Å². The van der Waals surface area contributed by atoms with E-state index in [0.717, 1.165) is 12.8 Å². The fourth-order valence-electron chi connectivity index (χ4n) is 2.92. The average molecular weight is 484 g/mol. The largest absolute Gasteiger partial charge is 0.453 e. The summed E-state index contributed by atoms with van der Waals surface area (Å²) in [7, 11) is 0. The van der Waals surface area contributed by atoms with Crippen LogP contribution in [0.2, 0.25) is 0 Å². The van der Waals surface area contributed by atoms with Crippen LogP contribution < -0.4 is 0 Å². The molecule has 194 valence electrons. The highest BCUT2D eigenvalue weighted by Gasteiger charge is 2.56. The SMILES string of the molecule is CCCCCCCCCCO[C@@H]1O[C@H](CO)[C@@H](O)[C@H](O)[C@H]1O.OCCC(F)(F)C(F)(F)F. The molecule has 5 N–H and O–H groups in total. The van der Waals surface area contributed by atoms with Crippen molar-refractivity contribution in [3.05, 3.63) is 0 Å². The maximum absolute atomic E-state index is 11.6. The monoisotopic (exact) mass is 484 g/mol. The van der Waals surface area contributed by atoms with Gasteiger partial charge in [-0.2, -0.15) is 22.0 Å². The summed E-state index contributed by atoms with van der Waals surface area (Å²) in [4.78, 5) is 0. The molecule has 7 nitrogen and oxygen atoms in total. The van der Waals surface area contributed by atoms with Gasteiger partial charge in [-0.3, -0.25) is 0 Å². The second-order valence-electron chi connectivity index (χ2n) is 7.72. The van der Waals surface area contributed by atoms with Crippen molar-refractivity contribution in [3.63, 3.8) is 0 Å². The number of halogens is 5. The second-order valence-corrected chi connectivity index (χ2v) is 7.72. The van der Waals surface area contributed by atoms with Crippen LogP contribution in [-0.4, -0.2) is 88.2 Å². The molecule has 0 aliphatic carbocycles. The predicted molar refractivity (Wildman–Crippen MR) is 105 cm³/mol. The molecule has 0 bridgehead atoms. The van der Waals surface area contributed by atoms with E-state index < -0.39 is 62.4 Å². The lowest BCUT2D eigenvalue weighted by molar-refractivity contribution is -0.301. The molecular formula is C20H37F5O7. The van der Waals surface area contributed by atoms with E-state index in [9.17, 15) is 37.3 Å². The molecule has 5 atom stereocenters. The van der Waals surface area contributed by atoms with Crippen LogP contribution in [0.4, 0.5) is 22.0 Å². The Bertz CT molecular complexity index is 466. The highest BCUT2D eigenvalue weighted by molar-refractivity contribution is 4.88. The van der Waals surface area contributed by atoms with E-state index in [0.29, 0.717) is 6.61 Å². The third-order valence-corrected chi connectivity index (χ3v) is 4.97. The summed E-state index contributed by atoms with van der Waals surface area (Å²) in [5, 5.41) is 46.0. The van der Waals surface area contributed by atoms with Crippen LogP contribution in [0.25, 0.3) is 0 Å². The molecule has 0 radical (unpaired) electrons. The first kappa shape index (κ1) is 31.4. The van der Waals surface area contributed by atoms with Gasteiger partial charge in [0, 0.05) is 19.6 Å². The molecule has 0 unspecified atom stereocenters. The first-order valence-electron chi connectivity index (χ1n) is 10.9. The standard InChI is InChI=1S/C16H32O6.C4H5F5O/c1-2-3-4-5-6-7-8-9-10-21-16-15(20)14(19)13(18)12(11-17)22-16;5-3(6,1-2-10)4(7,8)9/h12-20H,2-11H2,1H3;10H,1-2H2/t12-,13-,14+,15-,16-;/m1./s1. The Morgan fingerprint density at radius 1 is 0.781 bits per heavy atom. The number of rotatable bonds is 13. The fraction of sp³-hybridized carbons (Fsp3) is 1.00. The molecule has 12 heteroatoms. The number of hydrogen-bond acceptors (Lipinski definition) is 7. The fourth-order valence-corrected chi connectivity index (χ4v) is 2.92. The molecule has 1 aliphatic rings. The molecule has 0 amide bonds. The number of aliphatic hydroxyl groups excluding tert-OH is 5. The summed E-state index contributed by atoms with van der Waals surface area (Å²) < 4.78 is 67.5. The van der Waals surface area contributed by atoms with Gasteiger partial charge in [0.1, 0.15) is 24.4 Å². The Morgan fingerprint density at radius 3 is 1.75 bits per heavy atom. The highest BCUT2D eigenvalue weighted by atomic mass is 19.4. The Labute approximate surface area is 185 Å². The molecule has 1 saturated heterocycles. The van der Waals surface area contributed by atoms with Crippen molar-refractivity contribution in [2.24, 2.45) is 0 Å². The zero-order valence-corrected chi connectivity index (χ0v) is 18.3. The van der Waals surface area contributed by atoms with E-state index in [1.165, 1.54) is 38.5 Å². The van der Waals surface area contributed by atoms with Crippen molar-refractivity contribution < 1.29 is 57.0 Å². The van der Waals surface area contributed by atoms with E-state index in [-0.39, 0.29) is 0 Å². The molecule has 0 aromatic rings. The number of hydrogen-bond donors (Lipinski definition) is 5. The quantitative estimate of drug-likeness (QED) is 0.201. The normalized spacial score (nSPS) is 26.5. The van der Waals surface area contributed by atoms with Gasteiger partial charge in [-0.05, 0) is 6.42 Å². The Balaban J connectivity index is 0.000000809. The van der Waals surface area contributed by atoms with Crippen molar-refractivity contribution >= 4 is 0 Å². The zero-order chi connectivity index (χ0) is 24.8. The van der Waals surface area contributed by atoms with Crippen LogP contribution in [0.3, 0.4) is 0 Å². The maximum atomic E-state index is 11.6. The third kappa shape index (κ3) is 11.5. The minimum Gasteiger partial charge on any atom is -0.396 e. The van der Waals surface area contributed by atoms with Gasteiger partial charge in [0.05, 0.1) is 6.61 Å². The Hall–Kier alpha value is -0.630. The summed E-state index contributed by atoms with van der Waals surface area (Å²) in [5.74, 6) is -4.76. The van der Waals surface area contributed by atoms with E-state index >= 15 is 0 Å². The van der Waals surface area contributed by atoms with Gasteiger partial charge in [0.2, 0.25) is 0 Å². The van der Waals surface area contributed by atoms with Crippen molar-refractivity contribution in [3.8, 4) is 0 Å². The van der Waals surface area contributed by atoms with Crippen LogP contribution >= 0.6 is 0 Å². The first-order chi connectivity index (χ1) is 14.9. The lowest BCUT2D eigenvalue weighted by atomic mass is 9.99. The van der Waals surface area contributed by atoms with Crippen LogP contribution in [0, 0.1) is 0 Å². The van der Waals surface area contributed by atoms with Crippen molar-refractivity contribution in [2.75, 3.05) is 19.8 Å². The molecule has 1 fully saturated rings. The van der Waals surface area contributed by atoms with Crippen LogP contribution in [0.1, 0.15) is 64.7 Å². The topological polar surface area (TPSA) is 120 Å². The number of unbranched alkanes of at least 4 members (excludes halogenated alkanes) is 7. The van der Waals surface area contributed by atoms with E-state index in [2.05, 4.69) is 6.92 Å². The molecule has 0 aromatic carbocycles. The molecule has 1 aliphatic heterocycles. The first-order valence-corrected chi connectivity index (χ1v) is 10.9. The van der Waals surface area contributed by atoms with E-state index in [4.69, 9.17) is 19.7 Å². The van der Waals surface area contributed by atoms with Gasteiger partial charge < -0.3 is 35.0 Å². The van der Waals surface area contributed by atoms with Gasteiger partial charge in [-0.15, -0.1) is 0 Å². The van der Waals surface area contributed by atoms with Gasteiger partial charge in [-0.1, -0.05) is 51.9 Å². The summed E-state index contributed by atoms with van der Waals surface area (Å²) in [6, 6.07) is 0. The van der Waals surface area contributed by atoms with Crippen molar-refractivity contribution in [1.82, 2.24) is 0 Å². The summed E-state index contributed by atoms with van der Waals surface area (Å²) >= 11 is 0.